The molecule has 1 aromatic carbocycles. The van der Waals surface area contributed by atoms with Gasteiger partial charge in [-0.3, -0.25) is 0 Å². The topological polar surface area (TPSA) is 32.3 Å². The van der Waals surface area contributed by atoms with Crippen LogP contribution in [0.4, 0.5) is 0 Å². The summed E-state index contributed by atoms with van der Waals surface area (Å²) in [5.41, 5.74) is 2.95. The molecule has 0 aromatic heterocycles. The minimum absolute atomic E-state index is 0.0406. The number of aliphatic hydroxyl groups is 1. The number of nitrogens with one attached hydrogen (secondary N) is 1. The van der Waals surface area contributed by atoms with Crippen molar-refractivity contribution in [1.82, 2.24) is 5.32 Å². The monoisotopic (exact) mass is 235 g/mol. The fraction of sp³-hybridized carbons (Fsp3) is 0.600. The molecule has 2 N–H and O–H groups in total. The molecule has 0 spiro atoms. The van der Waals surface area contributed by atoms with Crippen molar-refractivity contribution in [2.24, 2.45) is 0 Å². The van der Waals surface area contributed by atoms with Crippen molar-refractivity contribution in [3.8, 4) is 0 Å². The van der Waals surface area contributed by atoms with E-state index in [1.807, 2.05) is 20.9 Å². The first-order chi connectivity index (χ1) is 7.77. The zero-order valence-corrected chi connectivity index (χ0v) is 11.8. The Labute approximate surface area is 105 Å². The van der Waals surface area contributed by atoms with E-state index < -0.39 is 5.60 Å². The van der Waals surface area contributed by atoms with Crippen molar-refractivity contribution >= 4 is 0 Å². The van der Waals surface area contributed by atoms with Crippen LogP contribution < -0.4 is 5.32 Å². The van der Waals surface area contributed by atoms with E-state index in [2.05, 4.69) is 44.3 Å². The van der Waals surface area contributed by atoms with E-state index in [1.165, 1.54) is 16.7 Å². The molecule has 1 rings (SSSR count). The standard InChI is InChI=1S/C15H25NO/c1-10(2)12-8-7-11(3)13(9-12)14(16-6)15(4,5)17/h7-10,14,16-17H,1-6H3. The molecule has 0 radical (unpaired) electrons. The molecule has 1 unspecified atom stereocenters. The molecule has 1 aromatic rings. The van der Waals surface area contributed by atoms with Crippen molar-refractivity contribution < 1.29 is 5.11 Å². The maximum Gasteiger partial charge on any atom is 0.0785 e. The van der Waals surface area contributed by atoms with Crippen LogP contribution in [-0.2, 0) is 0 Å². The first-order valence-corrected chi connectivity index (χ1v) is 6.27. The molecule has 0 bridgehead atoms. The van der Waals surface area contributed by atoms with Crippen LogP contribution in [0.5, 0.6) is 0 Å². The third-order valence-corrected chi connectivity index (χ3v) is 3.28. The molecular weight excluding hydrogens is 210 g/mol. The average Bonchev–Trinajstić information content (AvgIpc) is 2.19. The van der Waals surface area contributed by atoms with Gasteiger partial charge in [0.15, 0.2) is 0 Å². The number of hydrogen-bond acceptors (Lipinski definition) is 2. The van der Waals surface area contributed by atoms with Crippen molar-refractivity contribution in [3.63, 3.8) is 0 Å². The van der Waals surface area contributed by atoms with E-state index in [9.17, 15) is 5.11 Å². The summed E-state index contributed by atoms with van der Waals surface area (Å²) in [5.74, 6) is 0.508. The summed E-state index contributed by atoms with van der Waals surface area (Å²) < 4.78 is 0. The molecule has 0 saturated carbocycles. The Morgan fingerprint density at radius 1 is 1.24 bits per heavy atom. The van der Waals surface area contributed by atoms with Crippen LogP contribution in [0.3, 0.4) is 0 Å². The van der Waals surface area contributed by atoms with Gasteiger partial charge >= 0.3 is 0 Å². The van der Waals surface area contributed by atoms with Gasteiger partial charge in [-0.25, -0.2) is 0 Å². The largest absolute Gasteiger partial charge is 0.388 e. The summed E-state index contributed by atoms with van der Waals surface area (Å²) in [5, 5.41) is 13.4. The Kier molecular flexibility index (Phi) is 4.34. The summed E-state index contributed by atoms with van der Waals surface area (Å²) >= 11 is 0. The van der Waals surface area contributed by atoms with Crippen molar-refractivity contribution in [3.05, 3.63) is 34.9 Å². The molecule has 17 heavy (non-hydrogen) atoms. The number of benzene rings is 1. The predicted molar refractivity (Wildman–Crippen MR) is 73.4 cm³/mol. The van der Waals surface area contributed by atoms with Gasteiger partial charge in [-0.2, -0.15) is 0 Å². The highest BCUT2D eigenvalue weighted by atomic mass is 16.3. The summed E-state index contributed by atoms with van der Waals surface area (Å²) in [6, 6.07) is 6.47. The van der Waals surface area contributed by atoms with E-state index in [1.54, 1.807) is 0 Å². The van der Waals surface area contributed by atoms with E-state index in [-0.39, 0.29) is 6.04 Å². The molecule has 0 aliphatic rings. The Morgan fingerprint density at radius 2 is 1.82 bits per heavy atom. The minimum Gasteiger partial charge on any atom is -0.388 e. The molecule has 0 aliphatic heterocycles. The van der Waals surface area contributed by atoms with Crippen molar-refractivity contribution in [1.29, 1.82) is 0 Å². The molecular formula is C15H25NO. The molecule has 1 atom stereocenters. The minimum atomic E-state index is -0.769. The van der Waals surface area contributed by atoms with Crippen LogP contribution in [0.2, 0.25) is 0 Å². The lowest BCUT2D eigenvalue weighted by Crippen LogP contribution is -2.37. The lowest BCUT2D eigenvalue weighted by atomic mass is 9.87. The molecule has 2 heteroatoms. The summed E-state index contributed by atoms with van der Waals surface area (Å²) in [6.45, 7) is 10.2. The third-order valence-electron chi connectivity index (χ3n) is 3.28. The first kappa shape index (κ1) is 14.2. The van der Waals surface area contributed by atoms with Gasteiger partial charge in [-0.1, -0.05) is 32.0 Å². The lowest BCUT2D eigenvalue weighted by Gasteiger charge is -2.31. The van der Waals surface area contributed by atoms with Crippen molar-refractivity contribution in [2.45, 2.75) is 52.2 Å². The highest BCUT2D eigenvalue weighted by Gasteiger charge is 2.28. The fourth-order valence-corrected chi connectivity index (χ4v) is 2.22. The summed E-state index contributed by atoms with van der Waals surface area (Å²) in [6.07, 6.45) is 0. The van der Waals surface area contributed by atoms with Gasteiger partial charge in [0.05, 0.1) is 11.6 Å². The lowest BCUT2D eigenvalue weighted by molar-refractivity contribution is 0.0398. The van der Waals surface area contributed by atoms with Crippen LogP contribution in [0.25, 0.3) is 0 Å². The van der Waals surface area contributed by atoms with Crippen LogP contribution in [-0.4, -0.2) is 17.8 Å². The second-order valence-corrected chi connectivity index (χ2v) is 5.65. The Morgan fingerprint density at radius 3 is 2.24 bits per heavy atom. The first-order valence-electron chi connectivity index (χ1n) is 6.27. The van der Waals surface area contributed by atoms with Gasteiger partial charge in [0.1, 0.15) is 0 Å². The average molecular weight is 235 g/mol. The number of rotatable bonds is 4. The van der Waals surface area contributed by atoms with E-state index in [4.69, 9.17) is 0 Å². The Hall–Kier alpha value is -0.860. The predicted octanol–water partition coefficient (Wildman–Crippen LogP) is 3.15. The Balaban J connectivity index is 3.23. The quantitative estimate of drug-likeness (QED) is 0.840. The Bertz CT molecular complexity index is 377. The van der Waals surface area contributed by atoms with Gasteiger partial charge in [-0.15, -0.1) is 0 Å². The van der Waals surface area contributed by atoms with Gasteiger partial charge in [0, 0.05) is 0 Å². The molecule has 0 aliphatic carbocycles. The maximum absolute atomic E-state index is 10.2. The molecule has 2 nitrogen and oxygen atoms in total. The van der Waals surface area contributed by atoms with E-state index >= 15 is 0 Å². The molecule has 0 heterocycles. The SMILES string of the molecule is CNC(c1cc(C(C)C)ccc1C)C(C)(C)O. The van der Waals surface area contributed by atoms with E-state index in [0.717, 1.165) is 0 Å². The zero-order valence-electron chi connectivity index (χ0n) is 11.8. The normalized spacial score (nSPS) is 14.1. The van der Waals surface area contributed by atoms with Crippen LogP contribution in [0, 0.1) is 6.92 Å². The second-order valence-electron chi connectivity index (χ2n) is 5.65. The smallest absolute Gasteiger partial charge is 0.0785 e. The number of hydrogen-bond donors (Lipinski definition) is 2. The third kappa shape index (κ3) is 3.30. The zero-order chi connectivity index (χ0) is 13.2. The molecule has 0 saturated heterocycles. The second kappa shape index (κ2) is 5.19. The molecule has 0 amide bonds. The number of aryl methyl sites for hydroxylation is 1. The maximum atomic E-state index is 10.2. The van der Waals surface area contributed by atoms with Gasteiger partial charge in [0.2, 0.25) is 0 Å². The summed E-state index contributed by atoms with van der Waals surface area (Å²) in [4.78, 5) is 0. The van der Waals surface area contributed by atoms with E-state index in [0.29, 0.717) is 5.92 Å². The molecule has 96 valence electrons. The van der Waals surface area contributed by atoms with Crippen LogP contribution in [0.1, 0.15) is 56.3 Å². The molecule has 0 fully saturated rings. The fourth-order valence-electron chi connectivity index (χ4n) is 2.22. The van der Waals surface area contributed by atoms with Gasteiger partial charge < -0.3 is 10.4 Å². The summed E-state index contributed by atoms with van der Waals surface area (Å²) in [7, 11) is 1.89. The highest BCUT2D eigenvalue weighted by Crippen LogP contribution is 2.30. The van der Waals surface area contributed by atoms with Crippen molar-refractivity contribution in [2.75, 3.05) is 7.05 Å². The van der Waals surface area contributed by atoms with Crippen LogP contribution >= 0.6 is 0 Å². The van der Waals surface area contributed by atoms with Gasteiger partial charge in [0.25, 0.3) is 0 Å². The van der Waals surface area contributed by atoms with Gasteiger partial charge in [-0.05, 0) is 50.4 Å². The van der Waals surface area contributed by atoms with Crippen LogP contribution in [0.15, 0.2) is 18.2 Å². The number of likely N-dealkylation sites (N-methyl/N-ethyl adjacent to an activating group) is 1. The highest BCUT2D eigenvalue weighted by molar-refractivity contribution is 5.36.